The summed E-state index contributed by atoms with van der Waals surface area (Å²) in [4.78, 5) is 41.8. The Hall–Kier alpha value is -4.47. The maximum atomic E-state index is 13.6. The lowest BCUT2D eigenvalue weighted by molar-refractivity contribution is -0.154. The molecule has 2 unspecified atom stereocenters. The predicted octanol–water partition coefficient (Wildman–Crippen LogP) is 4.53. The summed E-state index contributed by atoms with van der Waals surface area (Å²) in [6.07, 6.45) is 0.664. The second-order valence-electron chi connectivity index (χ2n) is 9.74. The molecule has 9 nitrogen and oxygen atoms in total. The van der Waals surface area contributed by atoms with Crippen molar-refractivity contribution in [1.29, 1.82) is 0 Å². The number of amides is 1. The number of hydrogen-bond acceptors (Lipinski definition) is 8. The van der Waals surface area contributed by atoms with Gasteiger partial charge in [-0.25, -0.2) is 14.2 Å². The number of aryl methyl sites for hydroxylation is 1. The van der Waals surface area contributed by atoms with Crippen LogP contribution in [0.3, 0.4) is 0 Å². The monoisotopic (exact) mass is 551 g/mol. The highest BCUT2D eigenvalue weighted by Crippen LogP contribution is 2.31. The number of rotatable bonds is 11. The molecule has 0 aliphatic heterocycles. The molecule has 3 aromatic rings. The van der Waals surface area contributed by atoms with Crippen molar-refractivity contribution in [3.8, 4) is 5.75 Å². The van der Waals surface area contributed by atoms with Crippen LogP contribution in [0.5, 0.6) is 5.75 Å². The SMILES string of the molecule is Cc1ccc(C(c2ccc(F)cc2)C(C)OC(=O)[C@H](C)NC(=O)c2nccc(N)c2OCOC(=O)C(C)C)cc1. The average Bonchev–Trinajstić information content (AvgIpc) is 2.91. The second-order valence-corrected chi connectivity index (χ2v) is 9.74. The predicted molar refractivity (Wildman–Crippen MR) is 147 cm³/mol. The van der Waals surface area contributed by atoms with E-state index in [1.165, 1.54) is 31.3 Å². The number of ether oxygens (including phenoxy) is 3. The third kappa shape index (κ3) is 7.78. The molecule has 0 fully saturated rings. The molecule has 0 spiro atoms. The van der Waals surface area contributed by atoms with Crippen LogP contribution in [-0.4, -0.2) is 41.8 Å². The van der Waals surface area contributed by atoms with Crippen molar-refractivity contribution in [3.05, 3.63) is 89.0 Å². The van der Waals surface area contributed by atoms with Gasteiger partial charge in [0.2, 0.25) is 6.79 Å². The highest BCUT2D eigenvalue weighted by molar-refractivity contribution is 5.98. The van der Waals surface area contributed by atoms with Gasteiger partial charge in [0, 0.05) is 12.1 Å². The summed E-state index contributed by atoms with van der Waals surface area (Å²) in [5, 5.41) is 2.55. The zero-order valence-electron chi connectivity index (χ0n) is 23.1. The first-order valence-corrected chi connectivity index (χ1v) is 12.8. The molecular weight excluding hydrogens is 517 g/mol. The van der Waals surface area contributed by atoms with E-state index in [9.17, 15) is 18.8 Å². The molecule has 1 amide bonds. The second kappa shape index (κ2) is 13.5. The normalized spacial score (nSPS) is 13.2. The van der Waals surface area contributed by atoms with Gasteiger partial charge in [0.25, 0.3) is 5.91 Å². The molecule has 3 atom stereocenters. The van der Waals surface area contributed by atoms with Crippen LogP contribution in [0, 0.1) is 18.7 Å². The molecule has 1 aromatic heterocycles. The Morgan fingerprint density at radius 1 is 0.925 bits per heavy atom. The molecule has 0 saturated carbocycles. The summed E-state index contributed by atoms with van der Waals surface area (Å²) >= 11 is 0. The van der Waals surface area contributed by atoms with Gasteiger partial charge >= 0.3 is 11.9 Å². The van der Waals surface area contributed by atoms with Crippen LogP contribution < -0.4 is 15.8 Å². The number of anilines is 1. The summed E-state index contributed by atoms with van der Waals surface area (Å²) in [6.45, 7) is 8.06. The fourth-order valence-electron chi connectivity index (χ4n) is 3.95. The molecule has 0 aliphatic rings. The number of nitrogens with two attached hydrogens (primary N) is 1. The van der Waals surface area contributed by atoms with E-state index in [1.807, 2.05) is 31.2 Å². The van der Waals surface area contributed by atoms with Crippen molar-refractivity contribution in [2.45, 2.75) is 52.7 Å². The molecule has 1 heterocycles. The minimum Gasteiger partial charge on any atom is -0.460 e. The molecule has 40 heavy (non-hydrogen) atoms. The molecule has 0 radical (unpaired) electrons. The number of hydrogen-bond donors (Lipinski definition) is 2. The van der Waals surface area contributed by atoms with Crippen LogP contribution in [0.4, 0.5) is 10.1 Å². The lowest BCUT2D eigenvalue weighted by atomic mass is 9.87. The molecule has 3 N–H and O–H groups in total. The van der Waals surface area contributed by atoms with E-state index in [2.05, 4.69) is 10.3 Å². The molecular formula is C30H34FN3O6. The van der Waals surface area contributed by atoms with Gasteiger partial charge in [0.05, 0.1) is 11.6 Å². The van der Waals surface area contributed by atoms with E-state index < -0.39 is 36.8 Å². The van der Waals surface area contributed by atoms with Crippen LogP contribution in [0.2, 0.25) is 0 Å². The summed E-state index contributed by atoms with van der Waals surface area (Å²) in [6, 6.07) is 14.2. The van der Waals surface area contributed by atoms with Gasteiger partial charge in [-0.1, -0.05) is 55.8 Å². The summed E-state index contributed by atoms with van der Waals surface area (Å²) in [5.41, 5.74) is 8.60. The number of benzene rings is 2. The van der Waals surface area contributed by atoms with E-state index in [-0.39, 0.29) is 34.8 Å². The Labute approximate surface area is 232 Å². The van der Waals surface area contributed by atoms with Gasteiger partial charge in [-0.05, 0) is 50.1 Å². The van der Waals surface area contributed by atoms with E-state index in [0.29, 0.717) is 0 Å². The van der Waals surface area contributed by atoms with Crippen LogP contribution >= 0.6 is 0 Å². The van der Waals surface area contributed by atoms with Gasteiger partial charge in [-0.3, -0.25) is 9.59 Å². The number of pyridine rings is 1. The Kier molecular flexibility index (Phi) is 10.2. The maximum absolute atomic E-state index is 13.6. The summed E-state index contributed by atoms with van der Waals surface area (Å²) < 4.78 is 29.8. The summed E-state index contributed by atoms with van der Waals surface area (Å²) in [5.74, 6) is -3.09. The highest BCUT2D eigenvalue weighted by Gasteiger charge is 2.28. The number of nitrogen functional groups attached to an aromatic ring is 1. The number of halogens is 1. The molecule has 0 saturated heterocycles. The fraction of sp³-hybridized carbons (Fsp3) is 0.333. The Bertz CT molecular complexity index is 1280. The lowest BCUT2D eigenvalue weighted by Crippen LogP contribution is -2.41. The van der Waals surface area contributed by atoms with Crippen molar-refractivity contribution < 1.29 is 33.0 Å². The van der Waals surface area contributed by atoms with Crippen molar-refractivity contribution in [2.24, 2.45) is 5.92 Å². The van der Waals surface area contributed by atoms with Crippen LogP contribution in [0.1, 0.15) is 60.8 Å². The first-order valence-electron chi connectivity index (χ1n) is 12.8. The standard InChI is InChI=1S/C30H34FN3O6/c1-17(2)29(36)39-16-38-27-24(32)14-15-33-26(27)28(35)34-19(4)30(37)40-20(5)25(21-8-6-18(3)7-9-21)22-10-12-23(31)13-11-22/h6-15,17,19-20,25H,16H2,1-5H3,(H2,32,33)(H,34,35)/t19-,20?,25?/m0/s1. The zero-order valence-corrected chi connectivity index (χ0v) is 23.1. The zero-order chi connectivity index (χ0) is 29.4. The van der Waals surface area contributed by atoms with Gasteiger partial charge < -0.3 is 25.3 Å². The van der Waals surface area contributed by atoms with Crippen LogP contribution in [0.25, 0.3) is 0 Å². The van der Waals surface area contributed by atoms with Gasteiger partial charge in [-0.2, -0.15) is 0 Å². The van der Waals surface area contributed by atoms with Gasteiger partial charge in [-0.15, -0.1) is 0 Å². The minimum atomic E-state index is -1.06. The first kappa shape index (κ1) is 30.1. The fourth-order valence-corrected chi connectivity index (χ4v) is 3.95. The molecule has 212 valence electrons. The van der Waals surface area contributed by atoms with Crippen molar-refractivity contribution in [2.75, 3.05) is 12.5 Å². The first-order chi connectivity index (χ1) is 19.0. The van der Waals surface area contributed by atoms with E-state index in [1.54, 1.807) is 32.9 Å². The molecule has 0 bridgehead atoms. The molecule has 10 heteroatoms. The summed E-state index contributed by atoms with van der Waals surface area (Å²) in [7, 11) is 0. The van der Waals surface area contributed by atoms with Crippen molar-refractivity contribution in [3.63, 3.8) is 0 Å². The molecule has 3 rings (SSSR count). The van der Waals surface area contributed by atoms with Gasteiger partial charge in [0.15, 0.2) is 11.4 Å². The van der Waals surface area contributed by atoms with Crippen molar-refractivity contribution >= 4 is 23.5 Å². The number of nitrogens with zero attached hydrogens (tertiary/aromatic N) is 1. The average molecular weight is 552 g/mol. The van der Waals surface area contributed by atoms with Crippen LogP contribution in [-0.2, 0) is 19.1 Å². The number of nitrogens with one attached hydrogen (secondary N) is 1. The quantitative estimate of drug-likeness (QED) is 0.263. The van der Waals surface area contributed by atoms with Crippen LogP contribution in [0.15, 0.2) is 60.8 Å². The lowest BCUT2D eigenvalue weighted by Gasteiger charge is -2.26. The van der Waals surface area contributed by atoms with Crippen molar-refractivity contribution in [1.82, 2.24) is 10.3 Å². The largest absolute Gasteiger partial charge is 0.460 e. The third-order valence-corrected chi connectivity index (χ3v) is 6.16. The van der Waals surface area contributed by atoms with E-state index >= 15 is 0 Å². The molecule has 0 aliphatic carbocycles. The minimum absolute atomic E-state index is 0.0822. The number of esters is 2. The number of carbonyl (C=O) groups is 3. The third-order valence-electron chi connectivity index (χ3n) is 6.16. The molecule has 2 aromatic carbocycles. The Morgan fingerprint density at radius 3 is 2.12 bits per heavy atom. The Morgan fingerprint density at radius 2 is 1.52 bits per heavy atom. The van der Waals surface area contributed by atoms with E-state index in [0.717, 1.165) is 16.7 Å². The highest BCUT2D eigenvalue weighted by atomic mass is 19.1. The maximum Gasteiger partial charge on any atom is 0.328 e. The van der Waals surface area contributed by atoms with E-state index in [4.69, 9.17) is 19.9 Å². The number of carbonyl (C=O) groups excluding carboxylic acids is 3. The topological polar surface area (TPSA) is 130 Å². The Balaban J connectivity index is 1.72. The smallest absolute Gasteiger partial charge is 0.328 e. The van der Waals surface area contributed by atoms with Gasteiger partial charge in [0.1, 0.15) is 18.0 Å². The number of aromatic nitrogens is 1.